The third-order valence-corrected chi connectivity index (χ3v) is 5.08. The van der Waals surface area contributed by atoms with Gasteiger partial charge in [-0.25, -0.2) is 4.99 Å². The number of hydrogen-bond donors (Lipinski definition) is 1. The lowest BCUT2D eigenvalue weighted by Crippen LogP contribution is -2.44. The Labute approximate surface area is 147 Å². The molecule has 1 N–H and O–H groups in total. The van der Waals surface area contributed by atoms with Crippen LogP contribution in [0.15, 0.2) is 35.1 Å². The quantitative estimate of drug-likeness (QED) is 0.857. The molecule has 1 aromatic heterocycles. The highest BCUT2D eigenvalue weighted by Gasteiger charge is 2.28. The van der Waals surface area contributed by atoms with E-state index in [1.807, 2.05) is 42.2 Å². The Bertz CT molecular complexity index is 873. The van der Waals surface area contributed by atoms with E-state index < -0.39 is 0 Å². The fraction of sp³-hybridized carbons (Fsp3) is 0.421. The number of likely N-dealkylation sites (N-methyl/N-ethyl adjacent to an activating group) is 1. The van der Waals surface area contributed by atoms with Gasteiger partial charge in [-0.1, -0.05) is 25.3 Å². The lowest BCUT2D eigenvalue weighted by Gasteiger charge is -2.25. The minimum Gasteiger partial charge on any atom is -0.353 e. The van der Waals surface area contributed by atoms with Crippen LogP contribution in [0.2, 0.25) is 0 Å². The molecule has 2 heterocycles. The number of fused-ring (bicyclic) bond motifs is 1. The van der Waals surface area contributed by atoms with Gasteiger partial charge in [-0.3, -0.25) is 14.4 Å². The summed E-state index contributed by atoms with van der Waals surface area (Å²) in [6.07, 6.45) is 9.78. The number of guanidine groups is 1. The highest BCUT2D eigenvalue weighted by Crippen LogP contribution is 2.22. The van der Waals surface area contributed by atoms with E-state index >= 15 is 0 Å². The van der Waals surface area contributed by atoms with E-state index in [1.54, 1.807) is 11.9 Å². The first-order chi connectivity index (χ1) is 12.1. The lowest BCUT2D eigenvalue weighted by molar-refractivity contribution is -0.121. The van der Waals surface area contributed by atoms with Gasteiger partial charge in [0.15, 0.2) is 0 Å². The molecule has 2 aliphatic rings. The van der Waals surface area contributed by atoms with E-state index in [2.05, 4.69) is 15.4 Å². The summed E-state index contributed by atoms with van der Waals surface area (Å²) in [5.74, 6) is 0.607. The van der Waals surface area contributed by atoms with Gasteiger partial charge >= 0.3 is 0 Å². The number of hydrogen-bond acceptors (Lipinski definition) is 4. The maximum atomic E-state index is 12.5. The zero-order chi connectivity index (χ0) is 17.4. The molecule has 1 aliphatic heterocycles. The minimum atomic E-state index is -0.0652. The largest absolute Gasteiger partial charge is 0.353 e. The fourth-order valence-corrected chi connectivity index (χ4v) is 3.59. The Balaban J connectivity index is 1.58. The number of amides is 1. The molecule has 25 heavy (non-hydrogen) atoms. The van der Waals surface area contributed by atoms with Crippen molar-refractivity contribution < 1.29 is 4.79 Å². The lowest BCUT2D eigenvalue weighted by atomic mass is 9.96. The molecule has 0 spiro atoms. The van der Waals surface area contributed by atoms with Crippen LogP contribution in [0.25, 0.3) is 17.0 Å². The zero-order valence-corrected chi connectivity index (χ0v) is 14.7. The molecule has 1 fully saturated rings. The Morgan fingerprint density at radius 2 is 2.00 bits per heavy atom. The van der Waals surface area contributed by atoms with Crippen molar-refractivity contribution in [3.05, 3.63) is 35.7 Å². The second-order valence-electron chi connectivity index (χ2n) is 6.89. The van der Waals surface area contributed by atoms with Crippen LogP contribution in [0.3, 0.4) is 0 Å². The van der Waals surface area contributed by atoms with E-state index in [1.165, 1.54) is 19.3 Å². The van der Waals surface area contributed by atoms with Crippen molar-refractivity contribution in [1.82, 2.24) is 20.0 Å². The van der Waals surface area contributed by atoms with Crippen molar-refractivity contribution in [2.24, 2.45) is 12.0 Å². The van der Waals surface area contributed by atoms with Gasteiger partial charge in [0.2, 0.25) is 5.96 Å². The molecule has 6 heteroatoms. The summed E-state index contributed by atoms with van der Waals surface area (Å²) < 4.78 is 1.84. The highest BCUT2D eigenvalue weighted by molar-refractivity contribution is 6.13. The first kappa shape index (κ1) is 15.9. The van der Waals surface area contributed by atoms with Crippen molar-refractivity contribution in [3.63, 3.8) is 0 Å². The van der Waals surface area contributed by atoms with Gasteiger partial charge in [0, 0.05) is 25.5 Å². The number of aromatic nitrogens is 2. The normalized spacial score (nSPS) is 20.6. The molecule has 0 unspecified atom stereocenters. The second-order valence-corrected chi connectivity index (χ2v) is 6.89. The van der Waals surface area contributed by atoms with Crippen molar-refractivity contribution in [2.45, 2.75) is 38.1 Å². The monoisotopic (exact) mass is 337 g/mol. The van der Waals surface area contributed by atoms with Crippen LogP contribution in [-0.2, 0) is 11.8 Å². The molecular weight excluding hydrogens is 314 g/mol. The predicted octanol–water partition coefficient (Wildman–Crippen LogP) is 2.66. The number of benzene rings is 1. The van der Waals surface area contributed by atoms with E-state index in [0.717, 1.165) is 29.3 Å². The Morgan fingerprint density at radius 1 is 1.20 bits per heavy atom. The van der Waals surface area contributed by atoms with Gasteiger partial charge < -0.3 is 5.32 Å². The first-order valence-electron chi connectivity index (χ1n) is 8.88. The molecule has 6 nitrogen and oxygen atoms in total. The molecule has 0 atom stereocenters. The number of carbonyl (C=O) groups excluding carboxylic acids is 1. The van der Waals surface area contributed by atoms with E-state index in [0.29, 0.717) is 17.7 Å². The molecule has 1 amide bonds. The maximum Gasteiger partial charge on any atom is 0.279 e. The van der Waals surface area contributed by atoms with Crippen LogP contribution in [-0.4, -0.2) is 39.6 Å². The average Bonchev–Trinajstić information content (AvgIpc) is 3.11. The van der Waals surface area contributed by atoms with Crippen molar-refractivity contribution in [1.29, 1.82) is 0 Å². The van der Waals surface area contributed by atoms with Gasteiger partial charge in [0.25, 0.3) is 5.91 Å². The van der Waals surface area contributed by atoms with Crippen LogP contribution >= 0.6 is 0 Å². The van der Waals surface area contributed by atoms with Crippen molar-refractivity contribution in [3.8, 4) is 0 Å². The summed E-state index contributed by atoms with van der Waals surface area (Å²) in [5, 5.41) is 8.76. The van der Waals surface area contributed by atoms with Gasteiger partial charge in [-0.15, -0.1) is 0 Å². The van der Waals surface area contributed by atoms with Crippen LogP contribution in [0.5, 0.6) is 0 Å². The molecule has 0 bridgehead atoms. The third kappa shape index (κ3) is 3.04. The van der Waals surface area contributed by atoms with Crippen molar-refractivity contribution >= 4 is 28.8 Å². The number of aryl methyl sites for hydroxylation is 1. The zero-order valence-electron chi connectivity index (χ0n) is 14.7. The number of nitrogens with one attached hydrogen (secondary N) is 1. The molecule has 0 radical (unpaired) electrons. The maximum absolute atomic E-state index is 12.5. The fourth-order valence-electron chi connectivity index (χ4n) is 3.59. The summed E-state index contributed by atoms with van der Waals surface area (Å²) in [6, 6.07) is 6.47. The summed E-state index contributed by atoms with van der Waals surface area (Å²) in [4.78, 5) is 18.7. The summed E-state index contributed by atoms with van der Waals surface area (Å²) in [7, 11) is 3.70. The predicted molar refractivity (Wildman–Crippen MR) is 98.9 cm³/mol. The van der Waals surface area contributed by atoms with E-state index in [4.69, 9.17) is 0 Å². The Kier molecular flexibility index (Phi) is 4.03. The van der Waals surface area contributed by atoms with E-state index in [9.17, 15) is 4.79 Å². The van der Waals surface area contributed by atoms with Crippen LogP contribution in [0.4, 0.5) is 0 Å². The minimum absolute atomic E-state index is 0.0652. The second kappa shape index (κ2) is 6.35. The molecule has 0 saturated heterocycles. The number of rotatable bonds is 2. The van der Waals surface area contributed by atoms with Gasteiger partial charge in [-0.2, -0.15) is 5.10 Å². The van der Waals surface area contributed by atoms with Gasteiger partial charge in [0.1, 0.15) is 5.70 Å². The van der Waals surface area contributed by atoms with Crippen LogP contribution in [0.1, 0.15) is 37.7 Å². The standard InChI is InChI=1S/C19H23N5O/c1-23-18(25)16(22-19(23)21-15-6-4-3-5-7-15)11-13-8-9-17-14(10-13)12-20-24(17)2/h8-12,15H,3-7H2,1-2H3,(H,21,22)/b16-11-. The Hall–Kier alpha value is -2.63. The van der Waals surface area contributed by atoms with E-state index in [-0.39, 0.29) is 5.91 Å². The van der Waals surface area contributed by atoms with Crippen LogP contribution < -0.4 is 5.32 Å². The molecule has 1 saturated carbocycles. The summed E-state index contributed by atoms with van der Waals surface area (Å²) in [6.45, 7) is 0. The first-order valence-corrected chi connectivity index (χ1v) is 8.88. The number of carbonyl (C=O) groups is 1. The molecular formula is C19H23N5O. The third-order valence-electron chi connectivity index (χ3n) is 5.08. The van der Waals surface area contributed by atoms with Crippen LogP contribution in [0, 0.1) is 0 Å². The topological polar surface area (TPSA) is 62.5 Å². The van der Waals surface area contributed by atoms with Crippen molar-refractivity contribution in [2.75, 3.05) is 7.05 Å². The SMILES string of the molecule is CN1C(=O)/C(=C/c2ccc3c(cnn3C)c2)N=C1NC1CCCCC1. The molecule has 4 rings (SSSR count). The van der Waals surface area contributed by atoms with Gasteiger partial charge in [-0.05, 0) is 36.6 Å². The number of aliphatic imine (C=N–C) groups is 1. The summed E-state index contributed by atoms with van der Waals surface area (Å²) in [5.41, 5.74) is 2.50. The Morgan fingerprint density at radius 3 is 2.80 bits per heavy atom. The molecule has 1 aromatic carbocycles. The molecule has 130 valence electrons. The number of nitrogens with zero attached hydrogens (tertiary/aromatic N) is 4. The molecule has 2 aromatic rings. The highest BCUT2D eigenvalue weighted by atomic mass is 16.2. The average molecular weight is 337 g/mol. The van der Waals surface area contributed by atoms with Gasteiger partial charge in [0.05, 0.1) is 11.7 Å². The molecule has 1 aliphatic carbocycles. The smallest absolute Gasteiger partial charge is 0.279 e. The summed E-state index contributed by atoms with van der Waals surface area (Å²) >= 11 is 0.